The molecular weight excluding hydrogens is 1160 g/mol. The van der Waals surface area contributed by atoms with Gasteiger partial charge in [-0.15, -0.1) is 11.8 Å². The lowest BCUT2D eigenvalue weighted by Gasteiger charge is -2.41. The summed E-state index contributed by atoms with van der Waals surface area (Å²) in [6.07, 6.45) is 2.91. The average Bonchev–Trinajstić information content (AvgIpc) is 2.43. The van der Waals surface area contributed by atoms with Gasteiger partial charge >= 0.3 is 0 Å². The molecule has 1 aliphatic rings. The van der Waals surface area contributed by atoms with Crippen LogP contribution in [0, 0.1) is 41.4 Å². The van der Waals surface area contributed by atoms with Crippen LogP contribution < -0.4 is 27.0 Å². The lowest BCUT2D eigenvalue weighted by Crippen LogP contribution is -2.64. The number of likely N-dealkylation sites (N-methyl/N-ethyl adjacent to an activating group) is 7. The van der Waals surface area contributed by atoms with Crippen molar-refractivity contribution >= 4 is 76.7 Å². The molecule has 3 unspecified atom stereocenters. The first kappa shape index (κ1) is 81.2. The van der Waals surface area contributed by atoms with E-state index in [1.165, 1.54) is 92.6 Å². The Kier molecular flexibility index (Phi) is 34.2. The maximum absolute atomic E-state index is 15.3. The first-order chi connectivity index (χ1) is 41.2. The fourth-order valence-corrected chi connectivity index (χ4v) is 12.1. The number of carbonyl (C=O) groups is 11. The molecule has 1 saturated heterocycles. The molecule has 0 saturated carbocycles. The monoisotopic (exact) mass is 1280 g/mol. The minimum atomic E-state index is -1.64. The van der Waals surface area contributed by atoms with Crippen molar-refractivity contribution in [3.8, 4) is 0 Å². The van der Waals surface area contributed by atoms with E-state index < -0.39 is 155 Å². The van der Waals surface area contributed by atoms with E-state index >= 15 is 19.2 Å². The predicted molar refractivity (Wildman–Crippen MR) is 349 cm³/mol. The summed E-state index contributed by atoms with van der Waals surface area (Å²) in [5.74, 6) is -9.79. The highest BCUT2D eigenvalue weighted by Gasteiger charge is 2.46. The quantitative estimate of drug-likeness (QED) is 0.107. The second-order valence-electron chi connectivity index (χ2n) is 26.8. The number of nitrogens with two attached hydrogens (primary N) is 1. The van der Waals surface area contributed by atoms with Crippen LogP contribution in [-0.2, 0) is 52.7 Å². The van der Waals surface area contributed by atoms with Gasteiger partial charge in [-0.1, -0.05) is 109 Å². The van der Waals surface area contributed by atoms with E-state index in [0.29, 0.717) is 6.42 Å². The van der Waals surface area contributed by atoms with Gasteiger partial charge in [-0.25, -0.2) is 0 Å². The molecule has 7 N–H and O–H groups in total. The molecule has 89 heavy (non-hydrogen) atoms. The Bertz CT molecular complexity index is 2420. The molecule has 1 rings (SSSR count). The molecule has 510 valence electrons. The standard InChI is InChI=1S/C64H116N12O12S/c1-25-27-28-41(15)52(77)51-56(81)68-44(26-2)58(83)76(24)64(89-30-29-65)63(88)71(19)46(32-36(5)6)55(80)69-49(39(11)12)61(86)70(18)45(31-35(3)4)54(79)66-42(16)53(78)67-43(17)57(82)72(20)47(33-37(7)8)59(84)73(21)48(34-38(9)10)60(85)74(22)50(40(13)14)62(87)75(51)23/h25,27,35-52,64,77H,26,28-34,65H2,1-24H3,(H,66,79)(H,67,78)(H,68,81)(H,69,80)/b27-25+/t41-,42+,43-,44+,45?,46+,47-,48+,49+,50-,51?,52-,64?/m1/s1. The van der Waals surface area contributed by atoms with Crippen LogP contribution >= 0.6 is 11.8 Å². The van der Waals surface area contributed by atoms with E-state index in [1.807, 2.05) is 55.4 Å². The summed E-state index contributed by atoms with van der Waals surface area (Å²) in [7, 11) is 9.94. The van der Waals surface area contributed by atoms with Gasteiger partial charge in [0.2, 0.25) is 59.1 Å². The zero-order valence-corrected chi connectivity index (χ0v) is 59.2. The largest absolute Gasteiger partial charge is 0.390 e. The lowest BCUT2D eigenvalue weighted by atomic mass is 9.91. The van der Waals surface area contributed by atoms with Crippen molar-refractivity contribution in [3.05, 3.63) is 12.2 Å². The average molecular weight is 1280 g/mol. The summed E-state index contributed by atoms with van der Waals surface area (Å²) in [5.41, 5.74) is 5.99. The molecule has 0 spiro atoms. The summed E-state index contributed by atoms with van der Waals surface area (Å²) >= 11 is 1.04. The Labute approximate surface area is 537 Å². The van der Waals surface area contributed by atoms with Gasteiger partial charge < -0.3 is 66.4 Å². The SMILES string of the molecule is C/C=C/C[C@@H](C)[C@@H](O)C1C(=O)N[C@@H](CC)C(=O)N(C)C(SCCN)C(=O)N(C)[C@@H](CC(C)C)C(=O)N[C@@H](C(C)C)C(=O)N(C)C(CC(C)C)C(=O)N[C@@H](C)C(=O)N[C@H](C)C(=O)N(C)[C@H](CC(C)C)C(=O)N(C)[C@@H](CC(C)C)C(=O)N(C)[C@H](C(C)C)C(=O)N1C. The van der Waals surface area contributed by atoms with Crippen LogP contribution in [0.4, 0.5) is 0 Å². The van der Waals surface area contributed by atoms with Gasteiger partial charge in [0.05, 0.1) is 6.10 Å². The van der Waals surface area contributed by atoms with Crippen LogP contribution in [0.25, 0.3) is 0 Å². The smallest absolute Gasteiger partial charge is 0.256 e. The van der Waals surface area contributed by atoms with Crippen LogP contribution in [0.3, 0.4) is 0 Å². The third-order valence-corrected chi connectivity index (χ3v) is 17.9. The number of carbonyl (C=O) groups excluding carboxylic acids is 11. The summed E-state index contributed by atoms with van der Waals surface area (Å²) in [6.45, 7) is 30.0. The second-order valence-corrected chi connectivity index (χ2v) is 28.0. The van der Waals surface area contributed by atoms with Gasteiger partial charge in [0.25, 0.3) is 5.91 Å². The Balaban J connectivity index is 4.48. The fourth-order valence-electron chi connectivity index (χ4n) is 11.1. The molecule has 1 heterocycles. The molecule has 0 bridgehead atoms. The first-order valence-electron chi connectivity index (χ1n) is 31.9. The van der Waals surface area contributed by atoms with Crippen LogP contribution in [0.1, 0.15) is 156 Å². The highest BCUT2D eigenvalue weighted by atomic mass is 32.2. The molecule has 1 fully saturated rings. The molecule has 24 nitrogen and oxygen atoms in total. The molecule has 25 heteroatoms. The third-order valence-electron chi connectivity index (χ3n) is 16.6. The van der Waals surface area contributed by atoms with Gasteiger partial charge in [0.15, 0.2) is 5.37 Å². The van der Waals surface area contributed by atoms with Crippen molar-refractivity contribution in [1.29, 1.82) is 0 Å². The molecule has 0 aromatic rings. The molecule has 1 aliphatic heterocycles. The number of allylic oxidation sites excluding steroid dienone is 2. The summed E-state index contributed by atoms with van der Waals surface area (Å²) in [6, 6.07) is -12.6. The number of amides is 11. The van der Waals surface area contributed by atoms with E-state index in [4.69, 9.17) is 5.73 Å². The van der Waals surface area contributed by atoms with Gasteiger partial charge in [-0.3, -0.25) is 52.7 Å². The summed E-state index contributed by atoms with van der Waals surface area (Å²) < 4.78 is 0. The van der Waals surface area contributed by atoms with Crippen LogP contribution in [0.2, 0.25) is 0 Å². The summed E-state index contributed by atoms with van der Waals surface area (Å²) in [4.78, 5) is 171. The van der Waals surface area contributed by atoms with Crippen LogP contribution in [-0.4, -0.2) is 238 Å². The zero-order valence-electron chi connectivity index (χ0n) is 58.3. The molecule has 11 amide bonds. The molecule has 0 aromatic heterocycles. The number of aliphatic hydroxyl groups excluding tert-OH is 1. The minimum absolute atomic E-state index is 0.0106. The van der Waals surface area contributed by atoms with Crippen molar-refractivity contribution in [2.75, 3.05) is 61.6 Å². The Morgan fingerprint density at radius 3 is 1.33 bits per heavy atom. The van der Waals surface area contributed by atoms with E-state index in [1.54, 1.807) is 60.6 Å². The highest BCUT2D eigenvalue weighted by molar-refractivity contribution is 8.00. The Morgan fingerprint density at radius 2 is 0.888 bits per heavy atom. The van der Waals surface area contributed by atoms with E-state index in [0.717, 1.165) is 16.7 Å². The first-order valence-corrected chi connectivity index (χ1v) is 32.9. The van der Waals surface area contributed by atoms with E-state index in [-0.39, 0.29) is 68.1 Å². The van der Waals surface area contributed by atoms with Crippen molar-refractivity contribution in [2.45, 2.75) is 228 Å². The third kappa shape index (κ3) is 22.8. The number of rotatable bonds is 18. The van der Waals surface area contributed by atoms with Gasteiger partial charge in [0, 0.05) is 61.6 Å². The van der Waals surface area contributed by atoms with Crippen molar-refractivity contribution in [2.24, 2.45) is 47.2 Å². The number of hydrogen-bond donors (Lipinski definition) is 6. The van der Waals surface area contributed by atoms with Gasteiger partial charge in [0.1, 0.15) is 60.4 Å². The maximum atomic E-state index is 15.3. The molecule has 13 atom stereocenters. The normalized spacial score (nSPS) is 27.1. The molecule has 0 aliphatic carbocycles. The highest BCUT2D eigenvalue weighted by Crippen LogP contribution is 2.27. The zero-order chi connectivity index (χ0) is 69.0. The summed E-state index contributed by atoms with van der Waals surface area (Å²) in [5, 5.41) is 22.0. The van der Waals surface area contributed by atoms with E-state index in [2.05, 4.69) is 21.3 Å². The Morgan fingerprint density at radius 1 is 0.472 bits per heavy atom. The topological polar surface area (TPSA) is 305 Å². The molecular formula is C64H116N12O12S. The van der Waals surface area contributed by atoms with Gasteiger partial charge in [-0.05, 0) is 101 Å². The second kappa shape index (κ2) is 37.5. The van der Waals surface area contributed by atoms with E-state index in [9.17, 15) is 38.7 Å². The number of thioether (sulfide) groups is 1. The number of nitrogens with zero attached hydrogens (tertiary/aromatic N) is 7. The number of hydrogen-bond acceptors (Lipinski definition) is 14. The van der Waals surface area contributed by atoms with Crippen LogP contribution in [0.15, 0.2) is 12.2 Å². The van der Waals surface area contributed by atoms with Crippen molar-refractivity contribution < 1.29 is 57.8 Å². The maximum Gasteiger partial charge on any atom is 0.256 e. The number of nitrogens with one attached hydrogen (secondary N) is 4. The van der Waals surface area contributed by atoms with Crippen LogP contribution in [0.5, 0.6) is 0 Å². The fraction of sp³-hybridized carbons (Fsp3) is 0.797. The van der Waals surface area contributed by atoms with Crippen molar-refractivity contribution in [3.63, 3.8) is 0 Å². The van der Waals surface area contributed by atoms with Gasteiger partial charge in [-0.2, -0.15) is 0 Å². The van der Waals surface area contributed by atoms with Crippen molar-refractivity contribution in [1.82, 2.24) is 55.6 Å². The predicted octanol–water partition coefficient (Wildman–Crippen LogP) is 3.29. The molecule has 0 aromatic carbocycles. The number of aliphatic hydroxyl groups is 1. The Hall–Kier alpha value is -5.82. The minimum Gasteiger partial charge on any atom is -0.390 e. The molecule has 0 radical (unpaired) electrons. The lowest BCUT2D eigenvalue weighted by molar-refractivity contribution is -0.157.